The Morgan fingerprint density at radius 1 is 1.53 bits per heavy atom. The van der Waals surface area contributed by atoms with Gasteiger partial charge < -0.3 is 10.5 Å². The molecule has 6 heteroatoms. The van der Waals surface area contributed by atoms with Crippen LogP contribution in [0.5, 0.6) is 0 Å². The summed E-state index contributed by atoms with van der Waals surface area (Å²) in [5.41, 5.74) is 8.44. The lowest BCUT2D eigenvalue weighted by molar-refractivity contribution is 0.0607. The number of rotatable bonds is 2. The molecule has 2 aromatic rings. The van der Waals surface area contributed by atoms with E-state index in [1.807, 2.05) is 18.4 Å². The number of anilines is 1. The van der Waals surface area contributed by atoms with Crippen LogP contribution in [0.25, 0.3) is 10.4 Å². The summed E-state index contributed by atoms with van der Waals surface area (Å²) >= 11 is 6.40. The number of methoxy groups -OCH3 is 1. The molecule has 0 aromatic carbocycles. The molecular weight excluding hydrogens is 322 g/mol. The van der Waals surface area contributed by atoms with Crippen LogP contribution in [0.4, 0.5) is 5.69 Å². The van der Waals surface area contributed by atoms with E-state index in [0.29, 0.717) is 10.6 Å². The average Bonchev–Trinajstić information content (AvgIpc) is 2.85. The zero-order valence-electron chi connectivity index (χ0n) is 9.24. The van der Waals surface area contributed by atoms with Gasteiger partial charge >= 0.3 is 5.97 Å². The van der Waals surface area contributed by atoms with E-state index in [9.17, 15) is 4.79 Å². The van der Waals surface area contributed by atoms with Gasteiger partial charge in [-0.25, -0.2) is 4.79 Å². The van der Waals surface area contributed by atoms with E-state index >= 15 is 0 Å². The number of nitrogens with two attached hydrogens (primary N) is 1. The lowest BCUT2D eigenvalue weighted by Crippen LogP contribution is -2.01. The summed E-state index contributed by atoms with van der Waals surface area (Å²) in [6.07, 6.45) is 0. The maximum Gasteiger partial charge on any atom is 0.350 e. The van der Waals surface area contributed by atoms with E-state index in [1.165, 1.54) is 18.4 Å². The van der Waals surface area contributed by atoms with Crippen molar-refractivity contribution in [2.24, 2.45) is 0 Å². The largest absolute Gasteiger partial charge is 0.465 e. The third-order valence-corrected chi connectivity index (χ3v) is 5.23. The van der Waals surface area contributed by atoms with Gasteiger partial charge in [-0.3, -0.25) is 0 Å². The summed E-state index contributed by atoms with van der Waals surface area (Å²) in [6, 6.07) is 2.02. The van der Waals surface area contributed by atoms with Crippen LogP contribution in [0.15, 0.2) is 15.2 Å². The van der Waals surface area contributed by atoms with Gasteiger partial charge in [0.15, 0.2) is 0 Å². The molecule has 0 fully saturated rings. The van der Waals surface area contributed by atoms with Crippen molar-refractivity contribution in [1.29, 1.82) is 0 Å². The molecule has 17 heavy (non-hydrogen) atoms. The van der Waals surface area contributed by atoms with Crippen molar-refractivity contribution in [3.8, 4) is 10.4 Å². The second kappa shape index (κ2) is 4.80. The maximum atomic E-state index is 11.5. The standard InChI is InChI=1S/C11H10BrNO2S2/c1-5-8(13)10(11(14)15-2)17-9(5)6-3-7(12)16-4-6/h3-4H,13H2,1-2H3. The molecule has 0 aliphatic heterocycles. The van der Waals surface area contributed by atoms with Crippen molar-refractivity contribution >= 4 is 50.3 Å². The van der Waals surface area contributed by atoms with Crippen LogP contribution >= 0.6 is 38.6 Å². The normalized spacial score (nSPS) is 10.5. The molecule has 0 unspecified atom stereocenters. The molecule has 0 aliphatic carbocycles. The number of carbonyl (C=O) groups excluding carboxylic acids is 1. The molecule has 0 atom stereocenters. The predicted molar refractivity (Wildman–Crippen MR) is 75.8 cm³/mol. The van der Waals surface area contributed by atoms with Gasteiger partial charge in [-0.15, -0.1) is 22.7 Å². The third-order valence-electron chi connectivity index (χ3n) is 2.39. The van der Waals surface area contributed by atoms with E-state index in [-0.39, 0.29) is 5.97 Å². The highest BCUT2D eigenvalue weighted by Crippen LogP contribution is 2.40. The van der Waals surface area contributed by atoms with Crippen molar-refractivity contribution in [3.05, 3.63) is 25.7 Å². The number of carbonyl (C=O) groups is 1. The minimum atomic E-state index is -0.379. The zero-order chi connectivity index (χ0) is 12.6. The van der Waals surface area contributed by atoms with E-state index in [2.05, 4.69) is 15.9 Å². The first-order valence-corrected chi connectivity index (χ1v) is 7.25. The number of ether oxygens (including phenoxy) is 1. The van der Waals surface area contributed by atoms with Crippen LogP contribution in [0.3, 0.4) is 0 Å². The van der Waals surface area contributed by atoms with Gasteiger partial charge in [0.1, 0.15) is 4.88 Å². The molecule has 0 bridgehead atoms. The Morgan fingerprint density at radius 2 is 2.24 bits per heavy atom. The fraction of sp³-hybridized carbons (Fsp3) is 0.182. The Kier molecular flexibility index (Phi) is 3.56. The summed E-state index contributed by atoms with van der Waals surface area (Å²) in [4.78, 5) is 13.0. The molecule has 0 radical (unpaired) electrons. The van der Waals surface area contributed by atoms with E-state index in [0.717, 1.165) is 19.8 Å². The number of hydrogen-bond acceptors (Lipinski definition) is 5. The van der Waals surface area contributed by atoms with Gasteiger partial charge in [0.25, 0.3) is 0 Å². The summed E-state index contributed by atoms with van der Waals surface area (Å²) in [5.74, 6) is -0.379. The molecular formula is C11H10BrNO2S2. The summed E-state index contributed by atoms with van der Waals surface area (Å²) in [7, 11) is 1.36. The molecule has 0 spiro atoms. The molecule has 2 rings (SSSR count). The fourth-order valence-electron chi connectivity index (χ4n) is 1.48. The highest BCUT2D eigenvalue weighted by Gasteiger charge is 2.20. The number of esters is 1. The average molecular weight is 332 g/mol. The Bertz CT molecular complexity index is 574. The topological polar surface area (TPSA) is 52.3 Å². The van der Waals surface area contributed by atoms with Crippen LogP contribution in [0.2, 0.25) is 0 Å². The Balaban J connectivity index is 2.53. The van der Waals surface area contributed by atoms with Gasteiger partial charge in [0.2, 0.25) is 0 Å². The molecule has 0 saturated carbocycles. The van der Waals surface area contributed by atoms with Gasteiger partial charge in [-0.05, 0) is 34.5 Å². The highest BCUT2D eigenvalue weighted by atomic mass is 79.9. The van der Waals surface area contributed by atoms with Gasteiger partial charge in [0, 0.05) is 15.8 Å². The van der Waals surface area contributed by atoms with Gasteiger partial charge in [0.05, 0.1) is 16.6 Å². The fourth-order valence-corrected chi connectivity index (χ4v) is 3.83. The molecule has 3 nitrogen and oxygen atoms in total. The Labute approximate surface area is 115 Å². The van der Waals surface area contributed by atoms with Crippen LogP contribution < -0.4 is 5.73 Å². The van der Waals surface area contributed by atoms with E-state index in [4.69, 9.17) is 10.5 Å². The molecule has 90 valence electrons. The number of hydrogen-bond donors (Lipinski definition) is 1. The summed E-state index contributed by atoms with van der Waals surface area (Å²) < 4.78 is 5.77. The maximum absolute atomic E-state index is 11.5. The minimum absolute atomic E-state index is 0.379. The molecule has 2 aromatic heterocycles. The third kappa shape index (κ3) is 2.25. The van der Waals surface area contributed by atoms with Gasteiger partial charge in [-0.1, -0.05) is 0 Å². The van der Waals surface area contributed by atoms with Crippen LogP contribution in [0, 0.1) is 6.92 Å². The number of thiophene rings is 2. The van der Waals surface area contributed by atoms with Crippen LogP contribution in [-0.4, -0.2) is 13.1 Å². The summed E-state index contributed by atoms with van der Waals surface area (Å²) in [6.45, 7) is 1.92. The van der Waals surface area contributed by atoms with Crippen molar-refractivity contribution in [2.75, 3.05) is 12.8 Å². The molecule has 0 saturated heterocycles. The van der Waals surface area contributed by atoms with Crippen molar-refractivity contribution in [3.63, 3.8) is 0 Å². The second-order valence-corrected chi connectivity index (χ2v) is 6.74. The first-order valence-electron chi connectivity index (χ1n) is 4.76. The van der Waals surface area contributed by atoms with Crippen molar-refractivity contribution in [2.45, 2.75) is 6.92 Å². The van der Waals surface area contributed by atoms with Crippen LogP contribution in [0.1, 0.15) is 15.2 Å². The highest BCUT2D eigenvalue weighted by molar-refractivity contribution is 9.11. The first kappa shape index (κ1) is 12.6. The summed E-state index contributed by atoms with van der Waals surface area (Å²) in [5, 5.41) is 2.03. The van der Waals surface area contributed by atoms with E-state index < -0.39 is 0 Å². The van der Waals surface area contributed by atoms with Crippen molar-refractivity contribution in [1.82, 2.24) is 0 Å². The minimum Gasteiger partial charge on any atom is -0.465 e. The number of halogens is 1. The zero-order valence-corrected chi connectivity index (χ0v) is 12.5. The SMILES string of the molecule is COC(=O)c1sc(-c2csc(Br)c2)c(C)c1N. The van der Waals surface area contributed by atoms with Crippen LogP contribution in [-0.2, 0) is 4.74 Å². The smallest absolute Gasteiger partial charge is 0.350 e. The quantitative estimate of drug-likeness (QED) is 0.848. The Morgan fingerprint density at radius 3 is 2.76 bits per heavy atom. The lowest BCUT2D eigenvalue weighted by Gasteiger charge is -1.96. The lowest BCUT2D eigenvalue weighted by atomic mass is 10.1. The van der Waals surface area contributed by atoms with Gasteiger partial charge in [-0.2, -0.15) is 0 Å². The molecule has 0 aliphatic rings. The van der Waals surface area contributed by atoms with Crippen molar-refractivity contribution < 1.29 is 9.53 Å². The molecule has 0 amide bonds. The molecule has 2 N–H and O–H groups in total. The second-order valence-electron chi connectivity index (χ2n) is 3.43. The molecule has 2 heterocycles. The number of nitrogen functional groups attached to an aromatic ring is 1. The predicted octanol–water partition coefficient (Wildman–Crippen LogP) is 3.92. The van der Waals surface area contributed by atoms with E-state index in [1.54, 1.807) is 11.3 Å². The monoisotopic (exact) mass is 331 g/mol. The Hall–Kier alpha value is -0.850. The first-order chi connectivity index (χ1) is 8.04.